The Hall–Kier alpha value is -2.51. The van der Waals surface area contributed by atoms with Crippen molar-refractivity contribution in [3.05, 3.63) is 51.7 Å². The van der Waals surface area contributed by atoms with Gasteiger partial charge in [0, 0.05) is 36.8 Å². The predicted octanol–water partition coefficient (Wildman–Crippen LogP) is 2.22. The fourth-order valence-corrected chi connectivity index (χ4v) is 3.32. The van der Waals surface area contributed by atoms with Gasteiger partial charge in [0.1, 0.15) is 18.2 Å². The summed E-state index contributed by atoms with van der Waals surface area (Å²) in [5, 5.41) is 0. The zero-order valence-corrected chi connectivity index (χ0v) is 12.6. The van der Waals surface area contributed by atoms with Crippen molar-refractivity contribution in [1.29, 1.82) is 0 Å². The van der Waals surface area contributed by atoms with E-state index in [1.807, 2.05) is 0 Å². The largest absolute Gasteiger partial charge is 0.472 e. The molecule has 3 heterocycles. The van der Waals surface area contributed by atoms with Crippen molar-refractivity contribution in [2.45, 2.75) is 32.0 Å². The van der Waals surface area contributed by atoms with Crippen LogP contribution in [-0.2, 0) is 13.2 Å². The molecule has 5 nitrogen and oxygen atoms in total. The molecular weight excluding hydrogens is 323 g/mol. The van der Waals surface area contributed by atoms with Gasteiger partial charge >= 0.3 is 5.69 Å². The summed E-state index contributed by atoms with van der Waals surface area (Å²) in [7, 11) is 0. The standard InChI is InChI=1S/C16H14F3N3O2/c17-11-5-13(19)12(18)4-9(11)8-24-14-6-15-21-3-1-2-10(21)7-22(15)16(23)20-14/h4-6,10H,1-3,7-8H2/t10-/m1/s1. The van der Waals surface area contributed by atoms with Gasteiger partial charge in [-0.15, -0.1) is 0 Å². The van der Waals surface area contributed by atoms with E-state index in [0.717, 1.165) is 31.3 Å². The Bertz CT molecular complexity index is 868. The van der Waals surface area contributed by atoms with Gasteiger partial charge in [0.15, 0.2) is 11.6 Å². The van der Waals surface area contributed by atoms with E-state index >= 15 is 0 Å². The zero-order chi connectivity index (χ0) is 16.8. The lowest BCUT2D eigenvalue weighted by Gasteiger charge is -2.17. The first-order valence-corrected chi connectivity index (χ1v) is 7.67. The highest BCUT2D eigenvalue weighted by Crippen LogP contribution is 2.33. The molecule has 0 radical (unpaired) electrons. The summed E-state index contributed by atoms with van der Waals surface area (Å²) in [6, 6.07) is 3.14. The van der Waals surface area contributed by atoms with Gasteiger partial charge in [-0.3, -0.25) is 4.57 Å². The maximum atomic E-state index is 13.6. The lowest BCUT2D eigenvalue weighted by atomic mass is 10.2. The summed E-state index contributed by atoms with van der Waals surface area (Å²) < 4.78 is 46.7. The van der Waals surface area contributed by atoms with E-state index in [1.165, 1.54) is 0 Å². The van der Waals surface area contributed by atoms with Gasteiger partial charge in [-0.1, -0.05) is 0 Å². The van der Waals surface area contributed by atoms with Crippen LogP contribution in [0.3, 0.4) is 0 Å². The van der Waals surface area contributed by atoms with Crippen LogP contribution in [0.25, 0.3) is 0 Å². The number of benzene rings is 1. The summed E-state index contributed by atoms with van der Waals surface area (Å²) in [4.78, 5) is 18.1. The summed E-state index contributed by atoms with van der Waals surface area (Å²) in [6.45, 7) is 1.13. The summed E-state index contributed by atoms with van der Waals surface area (Å²) in [5.41, 5.74) is -0.571. The van der Waals surface area contributed by atoms with Crippen LogP contribution in [-0.4, -0.2) is 22.1 Å². The molecule has 0 unspecified atom stereocenters. The maximum absolute atomic E-state index is 13.6. The molecular formula is C16H14F3N3O2. The van der Waals surface area contributed by atoms with Crippen molar-refractivity contribution >= 4 is 5.82 Å². The first-order valence-electron chi connectivity index (χ1n) is 7.67. The number of ether oxygens (including phenoxy) is 1. The SMILES string of the molecule is O=c1nc(OCc2cc(F)c(F)cc2F)cc2n1C[C@H]1CCCN21. The molecule has 1 atom stereocenters. The fraction of sp³-hybridized carbons (Fsp3) is 0.375. The van der Waals surface area contributed by atoms with E-state index in [1.54, 1.807) is 10.6 Å². The minimum absolute atomic E-state index is 0.0444. The molecule has 126 valence electrons. The number of rotatable bonds is 3. The zero-order valence-electron chi connectivity index (χ0n) is 12.6. The second-order valence-electron chi connectivity index (χ2n) is 5.98. The molecule has 1 fully saturated rings. The number of aromatic nitrogens is 2. The highest BCUT2D eigenvalue weighted by molar-refractivity contribution is 5.48. The molecule has 1 aromatic heterocycles. The van der Waals surface area contributed by atoms with Crippen molar-refractivity contribution in [3.63, 3.8) is 0 Å². The quantitative estimate of drug-likeness (QED) is 0.806. The molecule has 1 aromatic carbocycles. The van der Waals surface area contributed by atoms with E-state index in [0.29, 0.717) is 18.7 Å². The highest BCUT2D eigenvalue weighted by atomic mass is 19.2. The molecule has 0 saturated carbocycles. The first kappa shape index (κ1) is 15.0. The van der Waals surface area contributed by atoms with Crippen LogP contribution in [0.15, 0.2) is 23.0 Å². The maximum Gasteiger partial charge on any atom is 0.352 e. The number of anilines is 1. The number of nitrogens with zero attached hydrogens (tertiary/aromatic N) is 3. The third-order valence-corrected chi connectivity index (χ3v) is 4.50. The summed E-state index contributed by atoms with van der Waals surface area (Å²) in [6.07, 6.45) is 2.09. The minimum Gasteiger partial charge on any atom is -0.472 e. The van der Waals surface area contributed by atoms with Crippen LogP contribution in [0.2, 0.25) is 0 Å². The molecule has 24 heavy (non-hydrogen) atoms. The van der Waals surface area contributed by atoms with Gasteiger partial charge < -0.3 is 9.64 Å². The molecule has 8 heteroatoms. The number of hydrogen-bond acceptors (Lipinski definition) is 4. The molecule has 0 aliphatic carbocycles. The Kier molecular flexibility index (Phi) is 3.47. The lowest BCUT2D eigenvalue weighted by Crippen LogP contribution is -2.24. The van der Waals surface area contributed by atoms with Crippen LogP contribution in [0, 0.1) is 17.5 Å². The normalized spacial score (nSPS) is 18.6. The van der Waals surface area contributed by atoms with Crippen molar-refractivity contribution in [2.24, 2.45) is 0 Å². The van der Waals surface area contributed by atoms with E-state index in [-0.39, 0.29) is 18.1 Å². The van der Waals surface area contributed by atoms with Crippen LogP contribution < -0.4 is 15.3 Å². The predicted molar refractivity (Wildman–Crippen MR) is 79.5 cm³/mol. The molecule has 0 amide bonds. The number of fused-ring (bicyclic) bond motifs is 3. The smallest absolute Gasteiger partial charge is 0.352 e. The van der Waals surface area contributed by atoms with Crippen molar-refractivity contribution < 1.29 is 17.9 Å². The number of hydrogen-bond donors (Lipinski definition) is 0. The summed E-state index contributed by atoms with van der Waals surface area (Å²) in [5.74, 6) is -2.55. The third-order valence-electron chi connectivity index (χ3n) is 4.50. The number of halogens is 3. The molecule has 2 aliphatic heterocycles. The van der Waals surface area contributed by atoms with Gasteiger partial charge in [0.2, 0.25) is 5.88 Å². The van der Waals surface area contributed by atoms with Gasteiger partial charge in [-0.2, -0.15) is 4.98 Å². The molecule has 2 aromatic rings. The van der Waals surface area contributed by atoms with Gasteiger partial charge in [0.05, 0.1) is 0 Å². The van der Waals surface area contributed by atoms with Crippen LogP contribution >= 0.6 is 0 Å². The van der Waals surface area contributed by atoms with Crippen LogP contribution in [0.1, 0.15) is 18.4 Å². The first-order chi connectivity index (χ1) is 11.5. The average molecular weight is 337 g/mol. The molecule has 0 bridgehead atoms. The molecule has 0 spiro atoms. The van der Waals surface area contributed by atoms with Gasteiger partial charge in [-0.05, 0) is 18.9 Å². The van der Waals surface area contributed by atoms with Crippen LogP contribution in [0.4, 0.5) is 19.0 Å². The molecule has 2 aliphatic rings. The van der Waals surface area contributed by atoms with Crippen molar-refractivity contribution in [2.75, 3.05) is 11.4 Å². The second kappa shape index (κ2) is 5.54. The monoisotopic (exact) mass is 337 g/mol. The van der Waals surface area contributed by atoms with E-state index in [2.05, 4.69) is 9.88 Å². The Balaban J connectivity index is 1.58. The Morgan fingerprint density at radius 2 is 1.96 bits per heavy atom. The Labute approximate surface area is 135 Å². The highest BCUT2D eigenvalue weighted by Gasteiger charge is 2.34. The van der Waals surface area contributed by atoms with E-state index in [9.17, 15) is 18.0 Å². The second-order valence-corrected chi connectivity index (χ2v) is 5.98. The lowest BCUT2D eigenvalue weighted by molar-refractivity contribution is 0.284. The third kappa shape index (κ3) is 2.42. The van der Waals surface area contributed by atoms with Crippen molar-refractivity contribution in [3.8, 4) is 5.88 Å². The molecule has 0 N–H and O–H groups in total. The topological polar surface area (TPSA) is 47.4 Å². The summed E-state index contributed by atoms with van der Waals surface area (Å²) >= 11 is 0. The molecule has 4 rings (SSSR count). The fourth-order valence-electron chi connectivity index (χ4n) is 3.32. The van der Waals surface area contributed by atoms with Crippen LogP contribution in [0.5, 0.6) is 5.88 Å². The van der Waals surface area contributed by atoms with E-state index in [4.69, 9.17) is 4.74 Å². The van der Waals surface area contributed by atoms with Gasteiger partial charge in [-0.25, -0.2) is 18.0 Å². The molecule has 1 saturated heterocycles. The average Bonchev–Trinajstić information content (AvgIpc) is 3.12. The Morgan fingerprint density at radius 1 is 1.17 bits per heavy atom. The minimum atomic E-state index is -1.26. The van der Waals surface area contributed by atoms with Crippen molar-refractivity contribution in [1.82, 2.24) is 9.55 Å². The van der Waals surface area contributed by atoms with Gasteiger partial charge in [0.25, 0.3) is 0 Å². The Morgan fingerprint density at radius 3 is 2.79 bits per heavy atom. The van der Waals surface area contributed by atoms with E-state index < -0.39 is 23.1 Å².